The number of fused-ring (bicyclic) bond motifs is 1. The van der Waals surface area contributed by atoms with Gasteiger partial charge in [-0.25, -0.2) is 20.8 Å². The van der Waals surface area contributed by atoms with Crippen molar-refractivity contribution in [3.8, 4) is 0 Å². The van der Waals surface area contributed by atoms with Gasteiger partial charge >= 0.3 is 0 Å². The summed E-state index contributed by atoms with van der Waals surface area (Å²) >= 11 is 0. The van der Waals surface area contributed by atoms with Crippen molar-refractivity contribution < 1.29 is 20.1 Å². The van der Waals surface area contributed by atoms with E-state index in [-0.39, 0.29) is 22.9 Å². The van der Waals surface area contributed by atoms with Crippen LogP contribution in [-0.2, 0) is 4.74 Å². The first kappa shape index (κ1) is 13.9. The van der Waals surface area contributed by atoms with Crippen LogP contribution in [0.2, 0.25) is 0 Å². The minimum absolute atomic E-state index is 0.132. The lowest BCUT2D eigenvalue weighted by Crippen LogP contribution is -2.33. The van der Waals surface area contributed by atoms with Gasteiger partial charge in [0.1, 0.15) is 24.6 Å². The van der Waals surface area contributed by atoms with Crippen LogP contribution >= 0.6 is 0 Å². The van der Waals surface area contributed by atoms with Crippen LogP contribution in [0.3, 0.4) is 0 Å². The summed E-state index contributed by atoms with van der Waals surface area (Å²) in [5.74, 6) is 5.68. The van der Waals surface area contributed by atoms with E-state index in [1.165, 1.54) is 10.9 Å². The lowest BCUT2D eigenvalue weighted by molar-refractivity contribution is -0.0501. The molecule has 0 bridgehead atoms. The molecule has 0 saturated carbocycles. The first-order chi connectivity index (χ1) is 10.1. The number of hydrogen-bond acceptors (Lipinski definition) is 10. The van der Waals surface area contributed by atoms with Gasteiger partial charge < -0.3 is 25.8 Å². The van der Waals surface area contributed by atoms with Crippen LogP contribution in [0.25, 0.3) is 11.2 Å². The third-order valence-electron chi connectivity index (χ3n) is 3.41. The molecule has 1 fully saturated rings. The van der Waals surface area contributed by atoms with E-state index in [1.54, 1.807) is 0 Å². The number of aromatic nitrogens is 4. The summed E-state index contributed by atoms with van der Waals surface area (Å²) < 4.78 is 6.80. The molecule has 11 nitrogen and oxygen atoms in total. The molecule has 0 spiro atoms. The number of hydrazine groups is 1. The average molecular weight is 297 g/mol. The van der Waals surface area contributed by atoms with E-state index in [4.69, 9.17) is 21.4 Å². The Morgan fingerprint density at radius 1 is 1.33 bits per heavy atom. The standard InChI is InChI=1S/C10H15N7O4/c11-7-4-8(14-2-13-7)17(10(15-4)16-12)9-6(20)5(19)3(1-18)21-9/h2-3,5-6,9,18-20H,1,12H2,(H,15,16)(H2,11,13,14)/t3-,5+,6+,9-/m0/s1. The maximum Gasteiger partial charge on any atom is 0.221 e. The van der Waals surface area contributed by atoms with Crippen molar-refractivity contribution in [2.75, 3.05) is 17.8 Å². The van der Waals surface area contributed by atoms with Gasteiger partial charge in [0, 0.05) is 0 Å². The normalized spacial score (nSPS) is 29.1. The van der Waals surface area contributed by atoms with Crippen LogP contribution in [0.5, 0.6) is 0 Å². The Bertz CT molecular complexity index is 662. The third kappa shape index (κ3) is 1.99. The molecule has 8 N–H and O–H groups in total. The lowest BCUT2D eigenvalue weighted by atomic mass is 10.1. The Balaban J connectivity index is 2.14. The molecule has 0 aliphatic carbocycles. The molecule has 21 heavy (non-hydrogen) atoms. The van der Waals surface area contributed by atoms with Crippen molar-refractivity contribution in [2.45, 2.75) is 24.5 Å². The summed E-state index contributed by atoms with van der Waals surface area (Å²) in [5.41, 5.74) is 8.63. The zero-order valence-corrected chi connectivity index (χ0v) is 10.8. The zero-order chi connectivity index (χ0) is 15.1. The molecule has 11 heteroatoms. The fourth-order valence-electron chi connectivity index (χ4n) is 2.36. The first-order valence-electron chi connectivity index (χ1n) is 6.16. The van der Waals surface area contributed by atoms with E-state index in [9.17, 15) is 10.2 Å². The molecular weight excluding hydrogens is 282 g/mol. The number of hydrogen-bond donors (Lipinski definition) is 6. The number of nitrogens with two attached hydrogens (primary N) is 2. The van der Waals surface area contributed by atoms with Crippen LogP contribution in [0.1, 0.15) is 6.23 Å². The molecule has 0 unspecified atom stereocenters. The lowest BCUT2D eigenvalue weighted by Gasteiger charge is -2.18. The number of nitrogen functional groups attached to an aromatic ring is 2. The van der Waals surface area contributed by atoms with E-state index < -0.39 is 31.1 Å². The molecular formula is C10H15N7O4. The van der Waals surface area contributed by atoms with Gasteiger partial charge in [0.15, 0.2) is 23.2 Å². The molecule has 2 aromatic rings. The number of ether oxygens (including phenoxy) is 1. The minimum atomic E-state index is -1.29. The Morgan fingerprint density at radius 2 is 2.10 bits per heavy atom. The quantitative estimate of drug-likeness (QED) is 0.258. The van der Waals surface area contributed by atoms with Gasteiger partial charge in [-0.3, -0.25) is 9.99 Å². The van der Waals surface area contributed by atoms with Crippen molar-refractivity contribution in [3.63, 3.8) is 0 Å². The van der Waals surface area contributed by atoms with Gasteiger partial charge in [0.05, 0.1) is 6.61 Å². The predicted molar refractivity (Wildman–Crippen MR) is 70.6 cm³/mol. The molecule has 2 aromatic heterocycles. The van der Waals surface area contributed by atoms with E-state index >= 15 is 0 Å². The Morgan fingerprint density at radius 3 is 2.71 bits per heavy atom. The van der Waals surface area contributed by atoms with E-state index in [2.05, 4.69) is 20.4 Å². The van der Waals surface area contributed by atoms with Gasteiger partial charge in [-0.2, -0.15) is 0 Å². The number of nitrogens with zero attached hydrogens (tertiary/aromatic N) is 4. The summed E-state index contributed by atoms with van der Waals surface area (Å²) in [7, 11) is 0. The minimum Gasteiger partial charge on any atom is -0.394 e. The number of rotatable bonds is 3. The summed E-state index contributed by atoms with van der Waals surface area (Å²) in [4.78, 5) is 12.0. The molecule has 1 saturated heterocycles. The maximum atomic E-state index is 10.1. The van der Waals surface area contributed by atoms with Crippen molar-refractivity contribution in [2.24, 2.45) is 5.84 Å². The molecule has 3 rings (SSSR count). The molecule has 114 valence electrons. The molecule has 0 radical (unpaired) electrons. The van der Waals surface area contributed by atoms with E-state index in [0.717, 1.165) is 0 Å². The van der Waals surface area contributed by atoms with Gasteiger partial charge in [0.25, 0.3) is 0 Å². The summed E-state index contributed by atoms with van der Waals surface area (Å²) in [6, 6.07) is 0. The number of aliphatic hydroxyl groups is 3. The summed E-state index contributed by atoms with van der Waals surface area (Å²) in [6.45, 7) is -0.441. The van der Waals surface area contributed by atoms with Gasteiger partial charge in [0.2, 0.25) is 5.95 Å². The second kappa shape index (κ2) is 5.05. The largest absolute Gasteiger partial charge is 0.394 e. The number of anilines is 2. The Kier molecular flexibility index (Phi) is 3.35. The van der Waals surface area contributed by atoms with Crippen LogP contribution in [0.15, 0.2) is 6.33 Å². The van der Waals surface area contributed by atoms with Crippen molar-refractivity contribution in [3.05, 3.63) is 6.33 Å². The highest BCUT2D eigenvalue weighted by Crippen LogP contribution is 2.34. The number of aliphatic hydroxyl groups excluding tert-OH is 3. The van der Waals surface area contributed by atoms with Gasteiger partial charge in [-0.1, -0.05) is 0 Å². The van der Waals surface area contributed by atoms with E-state index in [1.807, 2.05) is 0 Å². The number of imidazole rings is 1. The fourth-order valence-corrected chi connectivity index (χ4v) is 2.36. The molecule has 3 heterocycles. The number of nitrogens with one attached hydrogen (secondary N) is 1. The molecule has 1 aliphatic heterocycles. The van der Waals surface area contributed by atoms with Crippen LogP contribution in [-0.4, -0.2) is 59.8 Å². The molecule has 4 atom stereocenters. The highest BCUT2D eigenvalue weighted by Gasteiger charge is 2.45. The summed E-state index contributed by atoms with van der Waals surface area (Å²) in [6.07, 6.45) is -3.25. The van der Waals surface area contributed by atoms with Crippen LogP contribution in [0, 0.1) is 0 Å². The van der Waals surface area contributed by atoms with Crippen LogP contribution < -0.4 is 17.0 Å². The smallest absolute Gasteiger partial charge is 0.221 e. The second-order valence-electron chi connectivity index (χ2n) is 4.61. The molecule has 0 amide bonds. The Hall–Kier alpha value is -2.05. The topological polar surface area (TPSA) is 178 Å². The zero-order valence-electron chi connectivity index (χ0n) is 10.8. The highest BCUT2D eigenvalue weighted by molar-refractivity contribution is 5.84. The highest BCUT2D eigenvalue weighted by atomic mass is 16.6. The monoisotopic (exact) mass is 297 g/mol. The average Bonchev–Trinajstić information content (AvgIpc) is 2.99. The van der Waals surface area contributed by atoms with Gasteiger partial charge in [-0.05, 0) is 0 Å². The molecule has 1 aliphatic rings. The second-order valence-corrected chi connectivity index (χ2v) is 4.61. The maximum absolute atomic E-state index is 10.1. The summed E-state index contributed by atoms with van der Waals surface area (Å²) in [5, 5.41) is 29.1. The predicted octanol–water partition coefficient (Wildman–Crippen LogP) is -2.69. The fraction of sp³-hybridized carbons (Fsp3) is 0.500. The van der Waals surface area contributed by atoms with Crippen LogP contribution in [0.4, 0.5) is 11.8 Å². The molecule has 0 aromatic carbocycles. The SMILES string of the molecule is NNc1nc2c(N)ncnc2n1[C@H]1O[C@@H](CO)[C@@H](O)[C@H]1O. The first-order valence-corrected chi connectivity index (χ1v) is 6.16. The van der Waals surface area contributed by atoms with Crippen molar-refractivity contribution in [1.29, 1.82) is 0 Å². The Labute approximate surface area is 118 Å². The van der Waals surface area contributed by atoms with E-state index in [0.29, 0.717) is 0 Å². The van der Waals surface area contributed by atoms with Gasteiger partial charge in [-0.15, -0.1) is 0 Å². The van der Waals surface area contributed by atoms with Crippen molar-refractivity contribution in [1.82, 2.24) is 19.5 Å². The third-order valence-corrected chi connectivity index (χ3v) is 3.41. The van der Waals surface area contributed by atoms with Crippen molar-refractivity contribution >= 4 is 22.9 Å².